The van der Waals surface area contributed by atoms with Crippen LogP contribution < -0.4 is 0 Å². The maximum absolute atomic E-state index is 2.23. The van der Waals surface area contributed by atoms with Crippen molar-refractivity contribution in [2.45, 2.75) is 27.7 Å². The van der Waals surface area contributed by atoms with E-state index in [4.69, 9.17) is 0 Å². The first-order chi connectivity index (χ1) is 4.13. The van der Waals surface area contributed by atoms with Crippen LogP contribution in [-0.2, 0) is 21.7 Å². The second-order valence-corrected chi connectivity index (χ2v) is 4.38. The third-order valence-electron chi connectivity index (χ3n) is 2.06. The van der Waals surface area contributed by atoms with E-state index in [1.165, 1.54) is 11.1 Å². The van der Waals surface area contributed by atoms with E-state index >= 15 is 0 Å². The molecule has 0 aliphatic rings. The molecule has 0 atom stereocenters. The van der Waals surface area contributed by atoms with Gasteiger partial charge < -0.3 is 14.9 Å². The number of aryl methyl sites for hydroxylation is 2. The Hall–Kier alpha value is 0.494. The summed E-state index contributed by atoms with van der Waals surface area (Å²) in [6.07, 6.45) is 0. The van der Waals surface area contributed by atoms with Crippen molar-refractivity contribution in [2.75, 3.05) is 0 Å². The van der Waals surface area contributed by atoms with Crippen LogP contribution in [0.2, 0.25) is 0 Å². The maximum Gasteiger partial charge on any atom is 2.00 e. The largest absolute Gasteiger partial charge is 2.00 e. The molecule has 0 radical (unpaired) electrons. The molecule has 12 heavy (non-hydrogen) atoms. The molecule has 0 saturated heterocycles. The molecule has 1 aromatic heterocycles. The van der Waals surface area contributed by atoms with Gasteiger partial charge in [0.25, 0.3) is 0 Å². The fourth-order valence-electron chi connectivity index (χ4n) is 1.03. The second kappa shape index (κ2) is 6.95. The van der Waals surface area contributed by atoms with Gasteiger partial charge >= 0.3 is 21.7 Å². The molecule has 0 aliphatic heterocycles. The van der Waals surface area contributed by atoms with Crippen molar-refractivity contribution in [2.24, 2.45) is 0 Å². The first-order valence-corrected chi connectivity index (χ1v) is 4.25. The van der Waals surface area contributed by atoms with Gasteiger partial charge in [0.05, 0.1) is 0 Å². The average molecular weight is 218 g/mol. The fourth-order valence-corrected chi connectivity index (χ4v) is 2.34. The molecule has 0 bridgehead atoms. The van der Waals surface area contributed by atoms with Gasteiger partial charge in [-0.1, -0.05) is 0 Å². The molecule has 0 aliphatic carbocycles. The Balaban J connectivity index is -0.000000270. The summed E-state index contributed by atoms with van der Waals surface area (Å²) in [6, 6.07) is 0. The first-order valence-electron chi connectivity index (χ1n) is 3.25. The molecule has 0 spiro atoms. The van der Waals surface area contributed by atoms with Gasteiger partial charge in [-0.05, 0) is 49.4 Å². The molecule has 0 N–H and O–H groups in total. The Morgan fingerprint density at radius 2 is 1.00 bits per heavy atom. The van der Waals surface area contributed by atoms with Crippen LogP contribution in [0.25, 0.3) is 0 Å². The maximum atomic E-state index is 2.23. The molecule has 1 heterocycles. The van der Waals surface area contributed by atoms with Gasteiger partial charge in [0.2, 0.25) is 0 Å². The summed E-state index contributed by atoms with van der Waals surface area (Å²) in [5.41, 5.74) is 3.04. The number of hydrogen-bond donors (Lipinski definition) is 0. The van der Waals surface area contributed by atoms with Crippen LogP contribution in [0, 0.1) is 42.5 Å². The molecular weight excluding hydrogens is 199 g/mol. The number of rotatable bonds is 0. The SMILES string of the molecule is Cc1[pH]c(C)c(C)c1C.[CH3-].[CH3-].[Ti+2]. The van der Waals surface area contributed by atoms with Gasteiger partial charge in [-0.3, -0.25) is 0 Å². The Labute approximate surface area is 94.1 Å². The van der Waals surface area contributed by atoms with Crippen LogP contribution in [0.5, 0.6) is 0 Å². The van der Waals surface area contributed by atoms with E-state index < -0.39 is 0 Å². The van der Waals surface area contributed by atoms with E-state index in [9.17, 15) is 0 Å². The van der Waals surface area contributed by atoms with E-state index in [2.05, 4.69) is 27.7 Å². The third-order valence-corrected chi connectivity index (χ3v) is 3.56. The summed E-state index contributed by atoms with van der Waals surface area (Å²) >= 11 is 0. The molecule has 0 fully saturated rings. The topological polar surface area (TPSA) is 0 Å². The summed E-state index contributed by atoms with van der Waals surface area (Å²) in [6.45, 7) is 8.89. The molecule has 68 valence electrons. The van der Waals surface area contributed by atoms with Crippen LogP contribution in [-0.4, -0.2) is 0 Å². The van der Waals surface area contributed by atoms with Crippen LogP contribution in [0.1, 0.15) is 21.7 Å². The van der Waals surface area contributed by atoms with Crippen LogP contribution in [0.15, 0.2) is 0 Å². The Bertz CT molecular complexity index is 203. The van der Waals surface area contributed by atoms with Crippen LogP contribution in [0.4, 0.5) is 0 Å². The smallest absolute Gasteiger partial charge is 0.358 e. The van der Waals surface area contributed by atoms with Gasteiger partial charge in [-0.25, -0.2) is 0 Å². The van der Waals surface area contributed by atoms with Gasteiger partial charge in [0.15, 0.2) is 0 Å². The van der Waals surface area contributed by atoms with Crippen LogP contribution in [0.3, 0.4) is 0 Å². The summed E-state index contributed by atoms with van der Waals surface area (Å²) in [4.78, 5) is 0. The minimum Gasteiger partial charge on any atom is -0.358 e. The van der Waals surface area contributed by atoms with E-state index in [-0.39, 0.29) is 36.6 Å². The van der Waals surface area contributed by atoms with Gasteiger partial charge in [0.1, 0.15) is 0 Å². The Morgan fingerprint density at radius 3 is 1.08 bits per heavy atom. The van der Waals surface area contributed by atoms with Crippen molar-refractivity contribution in [3.05, 3.63) is 36.6 Å². The molecule has 2 heteroatoms. The number of hydrogen-bond acceptors (Lipinski definition) is 0. The molecule has 1 rings (SSSR count). The van der Waals surface area contributed by atoms with Crippen molar-refractivity contribution in [1.82, 2.24) is 0 Å². The minimum absolute atomic E-state index is 0. The first kappa shape index (κ1) is 18.3. The van der Waals surface area contributed by atoms with E-state index in [1.54, 1.807) is 10.6 Å². The monoisotopic (exact) mass is 218 g/mol. The zero-order chi connectivity index (χ0) is 7.02. The zero-order valence-corrected chi connectivity index (χ0v) is 11.6. The summed E-state index contributed by atoms with van der Waals surface area (Å²) in [7, 11) is 0.976. The minimum atomic E-state index is 0. The fraction of sp³-hybridized carbons (Fsp3) is 0.400. The van der Waals surface area contributed by atoms with E-state index in [0.717, 1.165) is 8.19 Å². The summed E-state index contributed by atoms with van der Waals surface area (Å²) in [5.74, 6) is 0. The van der Waals surface area contributed by atoms with Crippen molar-refractivity contribution in [3.63, 3.8) is 0 Å². The normalized spacial score (nSPS) is 7.67. The average Bonchev–Trinajstić information content (AvgIpc) is 1.98. The molecule has 0 nitrogen and oxygen atoms in total. The standard InChI is InChI=1S/C8H13P.2CH3.Ti/c1-5-6(2)8(4)9-7(5)3;;;/h9H,1-4H3;2*1H3;/q;2*-1;+2. The molecule has 0 aromatic carbocycles. The van der Waals surface area contributed by atoms with Gasteiger partial charge in [-0.2, -0.15) is 0 Å². The molecule has 1 aromatic rings. The molecule has 0 amide bonds. The zero-order valence-electron chi connectivity index (χ0n) is 9.00. The van der Waals surface area contributed by atoms with Crippen molar-refractivity contribution < 1.29 is 21.7 Å². The van der Waals surface area contributed by atoms with Crippen molar-refractivity contribution in [3.8, 4) is 0 Å². The van der Waals surface area contributed by atoms with E-state index in [1.807, 2.05) is 0 Å². The Kier molecular flexibility index (Phi) is 10.6. The molecule has 0 unspecified atom stereocenters. The Morgan fingerprint density at radius 1 is 0.750 bits per heavy atom. The van der Waals surface area contributed by atoms with Gasteiger partial charge in [-0.15, -0.1) is 8.19 Å². The van der Waals surface area contributed by atoms with Crippen molar-refractivity contribution >= 4 is 8.19 Å². The van der Waals surface area contributed by atoms with Crippen molar-refractivity contribution in [1.29, 1.82) is 0 Å². The second-order valence-electron chi connectivity index (χ2n) is 2.62. The predicted molar refractivity (Wildman–Crippen MR) is 57.7 cm³/mol. The van der Waals surface area contributed by atoms with Crippen LogP contribution >= 0.6 is 8.19 Å². The summed E-state index contributed by atoms with van der Waals surface area (Å²) < 4.78 is 0. The molecule has 0 saturated carbocycles. The quantitative estimate of drug-likeness (QED) is 0.458. The van der Waals surface area contributed by atoms with Gasteiger partial charge in [0, 0.05) is 0 Å². The molecular formula is C10H19PTi. The van der Waals surface area contributed by atoms with E-state index in [0.29, 0.717) is 0 Å². The summed E-state index contributed by atoms with van der Waals surface area (Å²) in [5, 5.41) is 3.15. The third kappa shape index (κ3) is 3.48. The predicted octanol–water partition coefficient (Wildman–Crippen LogP) is 3.85.